The number of anilines is 2. The number of rotatable bonds is 9. The molecule has 0 fully saturated rings. The van der Waals surface area contributed by atoms with Crippen LogP contribution in [0.15, 0.2) is 51.3 Å². The van der Waals surface area contributed by atoms with Crippen LogP contribution in [0, 0.1) is 5.82 Å². The van der Waals surface area contributed by atoms with Crippen LogP contribution in [-0.2, 0) is 30.3 Å². The summed E-state index contributed by atoms with van der Waals surface area (Å²) < 4.78 is 69.8. The first-order chi connectivity index (χ1) is 17.8. The number of halogens is 1. The summed E-state index contributed by atoms with van der Waals surface area (Å²) in [7, 11) is -8.10. The molecule has 0 saturated heterocycles. The fourth-order valence-electron chi connectivity index (χ4n) is 5.06. The fraction of sp³-hybridized carbons (Fsp3) is 0.385. The summed E-state index contributed by atoms with van der Waals surface area (Å²) in [5.74, 6) is -2.41. The van der Waals surface area contributed by atoms with Gasteiger partial charge in [0.15, 0.2) is 11.6 Å². The Morgan fingerprint density at radius 2 is 1.72 bits per heavy atom. The van der Waals surface area contributed by atoms with E-state index in [1.807, 2.05) is 13.8 Å². The average Bonchev–Trinajstić information content (AvgIpc) is 2.83. The molecule has 2 N–H and O–H groups in total. The second-order valence-electron chi connectivity index (χ2n) is 9.64. The molecule has 1 heterocycles. The van der Waals surface area contributed by atoms with E-state index in [4.69, 9.17) is 0 Å². The molecule has 13 heteroatoms. The number of nitrogens with zero attached hydrogens (tertiary/aromatic N) is 1. The molecule has 0 unspecified atom stereocenters. The molecule has 2 aliphatic rings. The van der Waals surface area contributed by atoms with Gasteiger partial charge in [-0.25, -0.2) is 12.8 Å². The Labute approximate surface area is 250 Å². The smallest absolute Gasteiger partial charge is 0.871 e. The first kappa shape index (κ1) is 31.3. The fourth-order valence-corrected chi connectivity index (χ4v) is 6.76. The number of carbonyl (C=O) groups excluding carboxylic acids is 1. The Kier molecular flexibility index (Phi) is 9.38. The number of nitrogens with one attached hydrogen (secondary N) is 2. The number of Topliss-reactive ketones (excluding diaryl/α,β-unsaturated/α-hetero) is 1. The third-order valence-corrected chi connectivity index (χ3v) is 8.73. The number of sulfonamides is 2. The van der Waals surface area contributed by atoms with Crippen LogP contribution in [0.1, 0.15) is 63.5 Å². The second kappa shape index (κ2) is 11.7. The van der Waals surface area contributed by atoms with Crippen LogP contribution in [0.5, 0.6) is 0 Å². The maximum atomic E-state index is 14.3. The molecule has 2 aromatic carbocycles. The first-order valence-corrected chi connectivity index (χ1v) is 15.7. The minimum absolute atomic E-state index is 0. The summed E-state index contributed by atoms with van der Waals surface area (Å²) in [6, 6.07) is 7.58. The number of ketones is 1. The van der Waals surface area contributed by atoms with Crippen LogP contribution in [0.25, 0.3) is 5.76 Å². The SMILES string of the molecule is CCCCC1(CCCC)C(=O)C(C2=NS(=O)(=O)c3cc(NS(C)(=O)=O)ccc3N2)=C([O-])c2cc(F)ccc21.[Na+]. The normalized spacial score (nSPS) is 17.3. The third kappa shape index (κ3) is 6.09. The molecule has 204 valence electrons. The molecule has 0 bridgehead atoms. The maximum Gasteiger partial charge on any atom is 1.00 e. The molecule has 0 radical (unpaired) electrons. The van der Waals surface area contributed by atoms with E-state index in [1.165, 1.54) is 24.3 Å². The van der Waals surface area contributed by atoms with Gasteiger partial charge in [-0.2, -0.15) is 8.42 Å². The van der Waals surface area contributed by atoms with E-state index < -0.39 is 54.2 Å². The molecule has 1 aliphatic heterocycles. The summed E-state index contributed by atoms with van der Waals surface area (Å²) in [4.78, 5) is 13.9. The Morgan fingerprint density at radius 1 is 1.08 bits per heavy atom. The van der Waals surface area contributed by atoms with Gasteiger partial charge in [-0.15, -0.1) is 4.40 Å². The number of carbonyl (C=O) groups is 1. The topological polar surface area (TPSA) is 145 Å². The second-order valence-corrected chi connectivity index (χ2v) is 13.0. The average molecular weight is 586 g/mol. The monoisotopic (exact) mass is 585 g/mol. The summed E-state index contributed by atoms with van der Waals surface area (Å²) >= 11 is 0. The molecule has 0 atom stereocenters. The zero-order valence-electron chi connectivity index (χ0n) is 22.3. The Hall–Kier alpha value is -2.25. The number of benzene rings is 2. The van der Waals surface area contributed by atoms with Gasteiger partial charge in [-0.3, -0.25) is 9.52 Å². The van der Waals surface area contributed by atoms with Crippen LogP contribution in [-0.4, -0.2) is 34.7 Å². The van der Waals surface area contributed by atoms with Gasteiger partial charge in [0.2, 0.25) is 10.0 Å². The van der Waals surface area contributed by atoms with Crippen molar-refractivity contribution in [2.45, 2.75) is 62.7 Å². The van der Waals surface area contributed by atoms with Crippen molar-refractivity contribution in [2.75, 3.05) is 16.3 Å². The van der Waals surface area contributed by atoms with E-state index in [0.29, 0.717) is 31.2 Å². The molecule has 1 aliphatic carbocycles. The minimum Gasteiger partial charge on any atom is -0.871 e. The van der Waals surface area contributed by atoms with Crippen LogP contribution in [0.2, 0.25) is 0 Å². The van der Waals surface area contributed by atoms with Crippen molar-refractivity contribution < 1.29 is 60.7 Å². The first-order valence-electron chi connectivity index (χ1n) is 12.3. The standard InChI is InChI=1S/C26H30FN3O6S2.Na/c1-4-6-12-26(13-7-5-2)19-10-8-16(27)14-18(19)23(31)22(24(26)32)25-28-20-11-9-17(29-37(3,33)34)15-21(20)38(35,36)30-25;/h8-11,14-15,29,31H,4-7,12-13H2,1-3H3,(H,28,30);/q;+1/p-1. The van der Waals surface area contributed by atoms with Crippen molar-refractivity contribution in [3.05, 3.63) is 58.9 Å². The molecule has 0 amide bonds. The van der Waals surface area contributed by atoms with Gasteiger partial charge in [-0.1, -0.05) is 51.4 Å². The van der Waals surface area contributed by atoms with Gasteiger partial charge < -0.3 is 10.4 Å². The molecule has 39 heavy (non-hydrogen) atoms. The molecular formula is C26H29FN3NaO6S2. The minimum atomic E-state index is -4.43. The van der Waals surface area contributed by atoms with Crippen molar-refractivity contribution in [1.82, 2.24) is 0 Å². The van der Waals surface area contributed by atoms with Crippen LogP contribution < -0.4 is 44.7 Å². The number of amidine groups is 1. The van der Waals surface area contributed by atoms with Gasteiger partial charge in [0, 0.05) is 5.69 Å². The van der Waals surface area contributed by atoms with Crippen molar-refractivity contribution in [3.8, 4) is 0 Å². The Balaban J connectivity index is 0.00000420. The van der Waals surface area contributed by atoms with Crippen LogP contribution in [0.3, 0.4) is 0 Å². The quantitative estimate of drug-likeness (QED) is 0.412. The summed E-state index contributed by atoms with van der Waals surface area (Å²) in [6.07, 6.45) is 4.66. The predicted octanol–water partition coefficient (Wildman–Crippen LogP) is 0.686. The van der Waals surface area contributed by atoms with E-state index in [9.17, 15) is 31.1 Å². The number of fused-ring (bicyclic) bond motifs is 2. The summed E-state index contributed by atoms with van der Waals surface area (Å²) in [5.41, 5.74) is -1.04. The van der Waals surface area contributed by atoms with Crippen molar-refractivity contribution in [3.63, 3.8) is 0 Å². The number of hydrogen-bond donors (Lipinski definition) is 2. The summed E-state index contributed by atoms with van der Waals surface area (Å²) in [5, 5.41) is 16.4. The molecule has 0 saturated carbocycles. The van der Waals surface area contributed by atoms with Gasteiger partial charge in [0.1, 0.15) is 10.7 Å². The number of hydrogen-bond acceptors (Lipinski definition) is 7. The van der Waals surface area contributed by atoms with E-state index >= 15 is 0 Å². The van der Waals surface area contributed by atoms with Crippen molar-refractivity contribution >= 4 is 48.8 Å². The third-order valence-electron chi connectivity index (χ3n) is 6.81. The Morgan fingerprint density at radius 3 is 2.31 bits per heavy atom. The van der Waals surface area contributed by atoms with E-state index in [2.05, 4.69) is 14.4 Å². The zero-order chi connectivity index (χ0) is 27.9. The Bertz CT molecular complexity index is 1580. The largest absolute Gasteiger partial charge is 1.00 e. The molecule has 2 aromatic rings. The summed E-state index contributed by atoms with van der Waals surface area (Å²) in [6.45, 7) is 3.96. The van der Waals surface area contributed by atoms with Gasteiger partial charge >= 0.3 is 29.6 Å². The van der Waals surface area contributed by atoms with E-state index in [1.54, 1.807) is 0 Å². The van der Waals surface area contributed by atoms with Gasteiger partial charge in [-0.05, 0) is 54.3 Å². The predicted molar refractivity (Wildman–Crippen MR) is 142 cm³/mol. The van der Waals surface area contributed by atoms with Gasteiger partial charge in [0.05, 0.1) is 22.9 Å². The molecule has 0 spiro atoms. The molecular weight excluding hydrogens is 556 g/mol. The van der Waals surface area contributed by atoms with E-state index in [0.717, 1.165) is 31.2 Å². The van der Waals surface area contributed by atoms with Crippen molar-refractivity contribution in [1.29, 1.82) is 0 Å². The van der Waals surface area contributed by atoms with Gasteiger partial charge in [0.25, 0.3) is 10.0 Å². The maximum absolute atomic E-state index is 14.3. The molecule has 9 nitrogen and oxygen atoms in total. The molecule has 0 aromatic heterocycles. The van der Waals surface area contributed by atoms with Crippen LogP contribution >= 0.6 is 0 Å². The zero-order valence-corrected chi connectivity index (χ0v) is 25.9. The van der Waals surface area contributed by atoms with E-state index in [-0.39, 0.29) is 51.4 Å². The van der Waals surface area contributed by atoms with Crippen molar-refractivity contribution in [2.24, 2.45) is 4.40 Å². The number of unbranched alkanes of at least 4 members (excludes halogenated alkanes) is 2. The van der Waals surface area contributed by atoms with Crippen LogP contribution in [0.4, 0.5) is 15.8 Å². The molecule has 4 rings (SSSR count).